The van der Waals surface area contributed by atoms with E-state index in [2.05, 4.69) is 0 Å². The molecule has 2 rings (SSSR count). The van der Waals surface area contributed by atoms with Gasteiger partial charge in [-0.2, -0.15) is 0 Å². The first-order valence-corrected chi connectivity index (χ1v) is 6.54. The van der Waals surface area contributed by atoms with Crippen molar-refractivity contribution >= 4 is 17.9 Å². The maximum Gasteiger partial charge on any atom is 0.417 e. The quantitative estimate of drug-likeness (QED) is 0.749. The zero-order valence-corrected chi connectivity index (χ0v) is 11.6. The highest BCUT2D eigenvalue weighted by Gasteiger charge is 2.41. The topological polar surface area (TPSA) is 66.9 Å². The Morgan fingerprint density at radius 1 is 1.37 bits per heavy atom. The Balaban J connectivity index is 1.95. The molecule has 0 bridgehead atoms. The van der Waals surface area contributed by atoms with Gasteiger partial charge in [0.2, 0.25) is 5.91 Å². The van der Waals surface area contributed by atoms with Crippen LogP contribution in [0.25, 0.3) is 0 Å². The summed E-state index contributed by atoms with van der Waals surface area (Å²) >= 11 is 0. The van der Waals surface area contributed by atoms with E-state index in [-0.39, 0.29) is 29.9 Å². The third-order valence-corrected chi connectivity index (χ3v) is 3.35. The van der Waals surface area contributed by atoms with Crippen molar-refractivity contribution < 1.29 is 19.1 Å². The summed E-state index contributed by atoms with van der Waals surface area (Å²) < 4.78 is 4.70. The van der Waals surface area contributed by atoms with Gasteiger partial charge in [0.25, 0.3) is 5.91 Å². The second kappa shape index (κ2) is 4.83. The lowest BCUT2D eigenvalue weighted by Gasteiger charge is -2.24. The maximum absolute atomic E-state index is 12.1. The Morgan fingerprint density at radius 3 is 2.58 bits per heavy atom. The van der Waals surface area contributed by atoms with Crippen LogP contribution in [-0.2, 0) is 14.3 Å². The molecule has 0 aromatic carbocycles. The van der Waals surface area contributed by atoms with Crippen molar-refractivity contribution in [3.05, 3.63) is 0 Å². The summed E-state index contributed by atoms with van der Waals surface area (Å²) in [6, 6.07) is -0.230. The molecule has 106 valence electrons. The van der Waals surface area contributed by atoms with Crippen LogP contribution in [0.4, 0.5) is 4.79 Å². The highest BCUT2D eigenvalue weighted by molar-refractivity contribution is 5.98. The fraction of sp³-hybridized carbons (Fsp3) is 0.769. The van der Waals surface area contributed by atoms with Crippen molar-refractivity contribution in [2.24, 2.45) is 5.41 Å². The molecule has 0 N–H and O–H groups in total. The molecule has 6 heteroatoms. The van der Waals surface area contributed by atoms with Gasteiger partial charge in [0.05, 0.1) is 6.04 Å². The smallest absolute Gasteiger partial charge is 0.417 e. The molecule has 0 aromatic heterocycles. The SMILES string of the molecule is CC(C)(C)CC(=O)N1CCC(N2C(=O)COC2=O)C1. The first-order chi connectivity index (χ1) is 8.78. The van der Waals surface area contributed by atoms with Crippen LogP contribution in [0.5, 0.6) is 0 Å². The predicted molar refractivity (Wildman–Crippen MR) is 67.3 cm³/mol. The van der Waals surface area contributed by atoms with E-state index in [1.807, 2.05) is 20.8 Å². The minimum Gasteiger partial charge on any atom is -0.439 e. The zero-order valence-electron chi connectivity index (χ0n) is 11.6. The van der Waals surface area contributed by atoms with E-state index in [0.717, 1.165) is 4.90 Å². The fourth-order valence-corrected chi connectivity index (χ4v) is 2.46. The number of hydrogen-bond donors (Lipinski definition) is 0. The first kappa shape index (κ1) is 13.8. The minimum atomic E-state index is -0.583. The Bertz CT molecular complexity index is 397. The van der Waals surface area contributed by atoms with Gasteiger partial charge in [0.15, 0.2) is 6.61 Å². The molecule has 1 unspecified atom stereocenters. The number of nitrogens with zero attached hydrogens (tertiary/aromatic N) is 2. The van der Waals surface area contributed by atoms with E-state index in [4.69, 9.17) is 4.74 Å². The third-order valence-electron chi connectivity index (χ3n) is 3.35. The average molecular weight is 268 g/mol. The molecule has 0 aromatic rings. The molecule has 2 fully saturated rings. The van der Waals surface area contributed by atoms with Crippen LogP contribution in [0, 0.1) is 5.41 Å². The number of rotatable bonds is 2. The van der Waals surface area contributed by atoms with Crippen molar-refractivity contribution in [1.29, 1.82) is 0 Å². The normalized spacial score (nSPS) is 24.1. The van der Waals surface area contributed by atoms with Gasteiger partial charge >= 0.3 is 6.09 Å². The summed E-state index contributed by atoms with van der Waals surface area (Å²) in [5.41, 5.74) is -0.0580. The number of amides is 3. The highest BCUT2D eigenvalue weighted by atomic mass is 16.6. The molecule has 2 heterocycles. The van der Waals surface area contributed by atoms with E-state index in [1.54, 1.807) is 4.90 Å². The largest absolute Gasteiger partial charge is 0.439 e. The van der Waals surface area contributed by atoms with E-state index in [9.17, 15) is 14.4 Å². The standard InChI is InChI=1S/C13H20N2O4/c1-13(2,3)6-10(16)14-5-4-9(7-14)15-11(17)8-19-12(15)18/h9H,4-8H2,1-3H3. The molecule has 0 radical (unpaired) electrons. The minimum absolute atomic E-state index is 0.0580. The Labute approximate surface area is 112 Å². The molecule has 0 spiro atoms. The van der Waals surface area contributed by atoms with E-state index >= 15 is 0 Å². The summed E-state index contributed by atoms with van der Waals surface area (Å²) in [5.74, 6) is -0.227. The van der Waals surface area contributed by atoms with Crippen LogP contribution in [0.2, 0.25) is 0 Å². The lowest BCUT2D eigenvalue weighted by atomic mass is 9.92. The highest BCUT2D eigenvalue weighted by Crippen LogP contribution is 2.24. The molecule has 2 aliphatic rings. The molecule has 0 saturated carbocycles. The number of hydrogen-bond acceptors (Lipinski definition) is 4. The Kier molecular flexibility index (Phi) is 3.52. The second-order valence-electron chi connectivity index (χ2n) is 6.34. The van der Waals surface area contributed by atoms with Gasteiger partial charge in [0, 0.05) is 19.5 Å². The number of carbonyl (C=O) groups excluding carboxylic acids is 3. The van der Waals surface area contributed by atoms with E-state index < -0.39 is 6.09 Å². The third kappa shape index (κ3) is 3.05. The van der Waals surface area contributed by atoms with Gasteiger partial charge in [-0.3, -0.25) is 9.59 Å². The molecule has 1 atom stereocenters. The van der Waals surface area contributed by atoms with Gasteiger partial charge in [-0.05, 0) is 11.8 Å². The Hall–Kier alpha value is -1.59. The molecule has 2 saturated heterocycles. The van der Waals surface area contributed by atoms with Crippen LogP contribution in [0.1, 0.15) is 33.6 Å². The number of likely N-dealkylation sites (tertiary alicyclic amines) is 1. The van der Waals surface area contributed by atoms with Gasteiger partial charge in [-0.1, -0.05) is 20.8 Å². The molecule has 3 amide bonds. The van der Waals surface area contributed by atoms with Crippen LogP contribution < -0.4 is 0 Å². The number of carbonyl (C=O) groups is 3. The molecular weight excluding hydrogens is 248 g/mol. The van der Waals surface area contributed by atoms with Crippen molar-refractivity contribution in [2.45, 2.75) is 39.7 Å². The molecule has 0 aliphatic carbocycles. The van der Waals surface area contributed by atoms with Gasteiger partial charge in [0.1, 0.15) is 0 Å². The van der Waals surface area contributed by atoms with Crippen LogP contribution in [0.15, 0.2) is 0 Å². The van der Waals surface area contributed by atoms with Crippen LogP contribution in [0.3, 0.4) is 0 Å². The summed E-state index contributed by atoms with van der Waals surface area (Å²) in [7, 11) is 0. The fourth-order valence-electron chi connectivity index (χ4n) is 2.46. The lowest BCUT2D eigenvalue weighted by Crippen LogP contribution is -2.42. The van der Waals surface area contributed by atoms with Gasteiger partial charge in [-0.25, -0.2) is 9.69 Å². The van der Waals surface area contributed by atoms with Crippen molar-refractivity contribution in [2.75, 3.05) is 19.7 Å². The average Bonchev–Trinajstić information content (AvgIpc) is 2.83. The van der Waals surface area contributed by atoms with E-state index in [0.29, 0.717) is 25.9 Å². The zero-order chi connectivity index (χ0) is 14.2. The summed E-state index contributed by atoms with van der Waals surface area (Å²) in [6.45, 7) is 6.89. The van der Waals surface area contributed by atoms with Crippen molar-refractivity contribution in [1.82, 2.24) is 9.80 Å². The summed E-state index contributed by atoms with van der Waals surface area (Å²) in [5, 5.41) is 0. The number of cyclic esters (lactones) is 1. The lowest BCUT2D eigenvalue weighted by molar-refractivity contribution is -0.133. The van der Waals surface area contributed by atoms with Crippen LogP contribution in [-0.4, -0.2) is 53.4 Å². The monoisotopic (exact) mass is 268 g/mol. The number of imide groups is 1. The molecule has 6 nitrogen and oxygen atoms in total. The van der Waals surface area contributed by atoms with Crippen LogP contribution >= 0.6 is 0 Å². The first-order valence-electron chi connectivity index (χ1n) is 6.54. The molecule has 2 aliphatic heterocycles. The molecule has 19 heavy (non-hydrogen) atoms. The Morgan fingerprint density at radius 2 is 2.05 bits per heavy atom. The van der Waals surface area contributed by atoms with Crippen molar-refractivity contribution in [3.8, 4) is 0 Å². The maximum atomic E-state index is 12.1. The van der Waals surface area contributed by atoms with E-state index in [1.165, 1.54) is 0 Å². The van der Waals surface area contributed by atoms with Crippen molar-refractivity contribution in [3.63, 3.8) is 0 Å². The van der Waals surface area contributed by atoms with Gasteiger partial charge < -0.3 is 9.64 Å². The van der Waals surface area contributed by atoms with Gasteiger partial charge in [-0.15, -0.1) is 0 Å². The number of ether oxygens (including phenoxy) is 1. The summed E-state index contributed by atoms with van der Waals surface area (Å²) in [6.07, 6.45) is 0.523. The molecular formula is C13H20N2O4. The predicted octanol–water partition coefficient (Wildman–Crippen LogP) is 1.00. The summed E-state index contributed by atoms with van der Waals surface area (Å²) in [4.78, 5) is 38.0. The second-order valence-corrected chi connectivity index (χ2v) is 6.34.